The minimum Gasteiger partial charge on any atom is -0.325 e. The molecule has 2 aliphatic rings. The summed E-state index contributed by atoms with van der Waals surface area (Å²) in [5, 5.41) is 18.7. The molecule has 1 fully saturated rings. The summed E-state index contributed by atoms with van der Waals surface area (Å²) in [6.07, 6.45) is 3.20. The van der Waals surface area contributed by atoms with Gasteiger partial charge in [0.2, 0.25) is 17.6 Å². The molecule has 11 heteroatoms. The minimum atomic E-state index is -1.30. The van der Waals surface area contributed by atoms with Crippen LogP contribution in [-0.4, -0.2) is 33.9 Å². The number of carbonyl (C=O) groups is 2. The van der Waals surface area contributed by atoms with Crippen LogP contribution in [-0.2, 0) is 19.4 Å². The minimum absolute atomic E-state index is 0.0327. The quantitative estimate of drug-likeness (QED) is 0.245. The zero-order valence-corrected chi connectivity index (χ0v) is 25.0. The molecule has 0 bridgehead atoms. The molecule has 4 atom stereocenters. The highest BCUT2D eigenvalue weighted by Gasteiger charge is 2.66. The average molecular weight is 673 g/mol. The molecule has 1 aromatic heterocycles. The molecule has 5 rings (SSSR count). The second-order valence-corrected chi connectivity index (χ2v) is 12.5. The molecule has 206 valence electrons. The lowest BCUT2D eigenvalue weighted by molar-refractivity contribution is -0.122. The fraction of sp³-hybridized carbons (Fsp3) is 0.345. The van der Waals surface area contributed by atoms with Gasteiger partial charge in [-0.1, -0.05) is 79.2 Å². The smallest absolute Gasteiger partial charge is 0.242 e. The predicted octanol–water partition coefficient (Wildman–Crippen LogP) is 5.46. The van der Waals surface area contributed by atoms with E-state index in [0.717, 1.165) is 0 Å². The molecule has 8 nitrogen and oxygen atoms in total. The molecule has 1 saturated heterocycles. The SMILES string of the molecule is CC(C)(C)C[C@@H]1N[C@@H](C(=O)Nc2cnc(C#N)nc2)[C@H](c2cccc(CI)c2F)[C@]12C(=O)Nc1cc(Cl)ccc12. The van der Waals surface area contributed by atoms with Crippen molar-refractivity contribution in [1.29, 1.82) is 5.26 Å². The number of rotatable bonds is 5. The Morgan fingerprint density at radius 2 is 1.98 bits per heavy atom. The van der Waals surface area contributed by atoms with Crippen molar-refractivity contribution in [1.82, 2.24) is 15.3 Å². The number of halogens is 3. The number of nitriles is 1. The third-order valence-electron chi connectivity index (χ3n) is 7.51. The van der Waals surface area contributed by atoms with E-state index in [4.69, 9.17) is 16.9 Å². The highest BCUT2D eigenvalue weighted by atomic mass is 127. The van der Waals surface area contributed by atoms with Crippen molar-refractivity contribution >= 4 is 57.4 Å². The van der Waals surface area contributed by atoms with Crippen molar-refractivity contribution in [3.63, 3.8) is 0 Å². The summed E-state index contributed by atoms with van der Waals surface area (Å²) in [6.45, 7) is 6.18. The van der Waals surface area contributed by atoms with Crippen LogP contribution in [0.15, 0.2) is 48.8 Å². The number of hydrogen-bond donors (Lipinski definition) is 3. The van der Waals surface area contributed by atoms with Gasteiger partial charge in [0.1, 0.15) is 17.3 Å². The van der Waals surface area contributed by atoms with Gasteiger partial charge in [-0.25, -0.2) is 14.4 Å². The maximum Gasteiger partial charge on any atom is 0.242 e. The first-order valence-electron chi connectivity index (χ1n) is 12.7. The Hall–Kier alpha value is -3.14. The van der Waals surface area contributed by atoms with E-state index in [2.05, 4.69) is 69.3 Å². The molecule has 0 radical (unpaired) electrons. The topological polar surface area (TPSA) is 120 Å². The molecule has 0 saturated carbocycles. The molecule has 1 spiro atoms. The number of nitrogens with one attached hydrogen (secondary N) is 3. The number of fused-ring (bicyclic) bond motifs is 2. The molecule has 2 aliphatic heterocycles. The van der Waals surface area contributed by atoms with Crippen LogP contribution < -0.4 is 16.0 Å². The summed E-state index contributed by atoms with van der Waals surface area (Å²) in [5.41, 5.74) is 0.734. The van der Waals surface area contributed by atoms with Crippen molar-refractivity contribution in [2.45, 2.75) is 55.0 Å². The maximum absolute atomic E-state index is 16.2. The Bertz CT molecular complexity index is 1540. The fourth-order valence-electron chi connectivity index (χ4n) is 6.01. The van der Waals surface area contributed by atoms with E-state index < -0.39 is 35.1 Å². The van der Waals surface area contributed by atoms with E-state index in [1.807, 2.05) is 6.07 Å². The van der Waals surface area contributed by atoms with Crippen LogP contribution in [0.25, 0.3) is 0 Å². The van der Waals surface area contributed by atoms with Crippen molar-refractivity contribution in [2.24, 2.45) is 5.41 Å². The van der Waals surface area contributed by atoms with E-state index >= 15 is 4.39 Å². The van der Waals surface area contributed by atoms with Crippen molar-refractivity contribution in [3.8, 4) is 6.07 Å². The summed E-state index contributed by atoms with van der Waals surface area (Å²) in [6, 6.07) is 10.7. The Morgan fingerprint density at radius 3 is 2.62 bits per heavy atom. The predicted molar refractivity (Wildman–Crippen MR) is 159 cm³/mol. The molecule has 2 amide bonds. The van der Waals surface area contributed by atoms with Gasteiger partial charge < -0.3 is 16.0 Å². The molecule has 3 heterocycles. The lowest BCUT2D eigenvalue weighted by atomic mass is 9.62. The second kappa shape index (κ2) is 10.7. The summed E-state index contributed by atoms with van der Waals surface area (Å²) in [7, 11) is 0. The summed E-state index contributed by atoms with van der Waals surface area (Å²) < 4.78 is 16.6. The number of benzene rings is 2. The van der Waals surface area contributed by atoms with Crippen LogP contribution in [0.3, 0.4) is 0 Å². The van der Waals surface area contributed by atoms with Gasteiger partial charge >= 0.3 is 0 Å². The van der Waals surface area contributed by atoms with E-state index in [9.17, 15) is 9.59 Å². The summed E-state index contributed by atoms with van der Waals surface area (Å²) >= 11 is 8.40. The first kappa shape index (κ1) is 28.4. The third-order valence-corrected chi connectivity index (χ3v) is 8.57. The lowest BCUT2D eigenvalue weighted by Crippen LogP contribution is -2.49. The fourth-order valence-corrected chi connectivity index (χ4v) is 6.77. The first-order chi connectivity index (χ1) is 19.0. The van der Waals surface area contributed by atoms with Crippen LogP contribution >= 0.6 is 34.2 Å². The molecule has 3 N–H and O–H groups in total. The first-order valence-corrected chi connectivity index (χ1v) is 14.6. The number of anilines is 2. The molecular weight excluding hydrogens is 646 g/mol. The molecule has 40 heavy (non-hydrogen) atoms. The van der Waals surface area contributed by atoms with E-state index in [-0.39, 0.29) is 28.4 Å². The molecule has 2 aromatic carbocycles. The zero-order chi connectivity index (χ0) is 28.8. The van der Waals surface area contributed by atoms with Gasteiger partial charge in [-0.15, -0.1) is 0 Å². The van der Waals surface area contributed by atoms with Gasteiger partial charge in [-0.3, -0.25) is 9.59 Å². The Labute approximate surface area is 250 Å². The normalized spacial score (nSPS) is 23.5. The van der Waals surface area contributed by atoms with Gasteiger partial charge in [0.25, 0.3) is 0 Å². The third kappa shape index (κ3) is 4.84. The summed E-state index contributed by atoms with van der Waals surface area (Å²) in [5.74, 6) is -2.15. The van der Waals surface area contributed by atoms with Crippen molar-refractivity contribution in [3.05, 3.63) is 82.1 Å². The maximum atomic E-state index is 16.2. The van der Waals surface area contributed by atoms with E-state index in [1.165, 1.54) is 12.4 Å². The Kier molecular flexibility index (Phi) is 7.58. The van der Waals surface area contributed by atoms with Gasteiger partial charge in [0, 0.05) is 27.1 Å². The van der Waals surface area contributed by atoms with Crippen molar-refractivity contribution < 1.29 is 14.0 Å². The molecule has 3 aromatic rings. The molecule has 0 unspecified atom stereocenters. The van der Waals surface area contributed by atoms with Gasteiger partial charge in [0.05, 0.1) is 24.1 Å². The van der Waals surface area contributed by atoms with Crippen LogP contribution in [0, 0.1) is 22.6 Å². The van der Waals surface area contributed by atoms with Crippen LogP contribution in [0.5, 0.6) is 0 Å². The highest BCUT2D eigenvalue weighted by Crippen LogP contribution is 2.57. The summed E-state index contributed by atoms with van der Waals surface area (Å²) in [4.78, 5) is 36.0. The number of nitrogens with zero attached hydrogens (tertiary/aromatic N) is 3. The Balaban J connectivity index is 1.72. The zero-order valence-electron chi connectivity index (χ0n) is 22.1. The lowest BCUT2D eigenvalue weighted by Gasteiger charge is -2.37. The molecule has 0 aliphatic carbocycles. The number of carbonyl (C=O) groups excluding carboxylic acids is 2. The number of aromatic nitrogens is 2. The number of alkyl halides is 1. The van der Waals surface area contributed by atoms with Crippen LogP contribution in [0.2, 0.25) is 5.02 Å². The largest absolute Gasteiger partial charge is 0.325 e. The van der Waals surface area contributed by atoms with Crippen LogP contribution in [0.1, 0.15) is 55.6 Å². The van der Waals surface area contributed by atoms with E-state index in [0.29, 0.717) is 32.7 Å². The van der Waals surface area contributed by atoms with Crippen LogP contribution in [0.4, 0.5) is 15.8 Å². The average Bonchev–Trinajstić information content (AvgIpc) is 3.38. The van der Waals surface area contributed by atoms with Crippen molar-refractivity contribution in [2.75, 3.05) is 10.6 Å². The van der Waals surface area contributed by atoms with Gasteiger partial charge in [-0.05, 0) is 40.7 Å². The van der Waals surface area contributed by atoms with E-state index in [1.54, 1.807) is 36.4 Å². The van der Waals surface area contributed by atoms with Gasteiger partial charge in [-0.2, -0.15) is 5.26 Å². The second-order valence-electron chi connectivity index (χ2n) is 11.3. The highest BCUT2D eigenvalue weighted by molar-refractivity contribution is 14.1. The Morgan fingerprint density at radius 1 is 1.25 bits per heavy atom. The standard InChI is InChI=1S/C29H27ClFIN6O2/c1-28(2,3)10-21-29(19-8-7-16(30)9-20(19)37-27(29)40)23(18-6-4-5-15(11-32)24(18)31)25(38-21)26(39)36-17-13-34-22(12-33)35-14-17/h4-9,13-14,21,23,25,38H,10-11H2,1-3H3,(H,36,39)(H,37,40)/t21-,23-,25+,29+/m0/s1. The number of hydrogen-bond acceptors (Lipinski definition) is 6. The number of amides is 2. The monoisotopic (exact) mass is 672 g/mol. The van der Waals surface area contributed by atoms with Gasteiger partial charge in [0.15, 0.2) is 0 Å². The molecular formula is C29H27ClFIN6O2.